The quantitative estimate of drug-likeness (QED) is 0.214. The third-order valence-electron chi connectivity index (χ3n) is 7.30. The first-order valence-electron chi connectivity index (χ1n) is 14.5. The fourth-order valence-electron chi connectivity index (χ4n) is 4.98. The summed E-state index contributed by atoms with van der Waals surface area (Å²) in [6.45, 7) is 14.7. The minimum Gasteiger partial charge on any atom is -0.507 e. The van der Waals surface area contributed by atoms with E-state index in [1.54, 1.807) is 0 Å². The van der Waals surface area contributed by atoms with E-state index in [2.05, 4.69) is 48.5 Å². The Labute approximate surface area is 217 Å². The molecule has 0 spiro atoms. The van der Waals surface area contributed by atoms with Gasteiger partial charge in [-0.25, -0.2) is 0 Å². The van der Waals surface area contributed by atoms with Crippen LogP contribution in [0.25, 0.3) is 0 Å². The molecule has 202 valence electrons. The highest BCUT2D eigenvalue weighted by molar-refractivity contribution is 5.76. The molecule has 0 radical (unpaired) electrons. The predicted octanol–water partition coefficient (Wildman–Crippen LogP) is 10.0. The van der Waals surface area contributed by atoms with Crippen molar-refractivity contribution in [2.45, 2.75) is 162 Å². The van der Waals surface area contributed by atoms with Gasteiger partial charge < -0.3 is 10.2 Å². The van der Waals surface area contributed by atoms with Gasteiger partial charge in [0.05, 0.1) is 5.92 Å². The van der Waals surface area contributed by atoms with Crippen LogP contribution in [-0.2, 0) is 15.6 Å². The van der Waals surface area contributed by atoms with Crippen LogP contribution in [0.1, 0.15) is 167 Å². The third kappa shape index (κ3) is 11.8. The van der Waals surface area contributed by atoms with E-state index in [1.807, 2.05) is 12.1 Å². The summed E-state index contributed by atoms with van der Waals surface area (Å²) in [5.41, 5.74) is 2.01. The van der Waals surface area contributed by atoms with Crippen LogP contribution < -0.4 is 0 Å². The zero-order valence-electron chi connectivity index (χ0n) is 24.1. The van der Waals surface area contributed by atoms with E-state index in [0.29, 0.717) is 12.2 Å². The molecule has 1 aromatic rings. The second kappa shape index (κ2) is 15.6. The maximum absolute atomic E-state index is 12.2. The average molecular weight is 489 g/mol. The average Bonchev–Trinajstić information content (AvgIpc) is 2.75. The van der Waals surface area contributed by atoms with Crippen LogP contribution in [0.3, 0.4) is 0 Å². The van der Waals surface area contributed by atoms with Crippen LogP contribution in [0.15, 0.2) is 12.1 Å². The standard InChI is InChI=1S/C32H56O3/c1-8-9-10-11-12-13-14-15-16-17-18-19-20-21-22-26(30(34)35)25-23-27(31(2,3)4)29(33)28(24-25)32(5,6)7/h23-24,26,33H,8-22H2,1-7H3,(H,34,35). The fraction of sp³-hybridized carbons (Fsp3) is 0.781. The summed E-state index contributed by atoms with van der Waals surface area (Å²) in [5, 5.41) is 21.0. The monoisotopic (exact) mass is 488 g/mol. The molecule has 35 heavy (non-hydrogen) atoms. The number of hydrogen-bond acceptors (Lipinski definition) is 2. The van der Waals surface area contributed by atoms with Gasteiger partial charge in [0.2, 0.25) is 0 Å². The number of aliphatic carboxylic acids is 1. The summed E-state index contributed by atoms with van der Waals surface area (Å²) in [4.78, 5) is 12.2. The number of phenols is 1. The molecular weight excluding hydrogens is 432 g/mol. The van der Waals surface area contributed by atoms with Crippen molar-refractivity contribution < 1.29 is 15.0 Å². The number of hydrogen-bond donors (Lipinski definition) is 2. The highest BCUT2D eigenvalue weighted by Crippen LogP contribution is 2.41. The van der Waals surface area contributed by atoms with Crippen LogP contribution in [0.5, 0.6) is 5.75 Å². The van der Waals surface area contributed by atoms with Crippen LogP contribution in [0.2, 0.25) is 0 Å². The Bertz CT molecular complexity index is 701. The lowest BCUT2D eigenvalue weighted by atomic mass is 9.76. The first-order valence-corrected chi connectivity index (χ1v) is 14.5. The van der Waals surface area contributed by atoms with Crippen LogP contribution in [0, 0.1) is 0 Å². The zero-order valence-corrected chi connectivity index (χ0v) is 24.1. The van der Waals surface area contributed by atoms with Crippen molar-refractivity contribution >= 4 is 5.97 Å². The topological polar surface area (TPSA) is 57.5 Å². The summed E-state index contributed by atoms with van der Waals surface area (Å²) in [5.74, 6) is -0.963. The second-order valence-corrected chi connectivity index (χ2v) is 12.7. The van der Waals surface area contributed by atoms with E-state index in [4.69, 9.17) is 0 Å². The minimum absolute atomic E-state index is 0.252. The number of phenolic OH excluding ortho intramolecular Hbond substituents is 1. The van der Waals surface area contributed by atoms with Gasteiger partial charge in [-0.15, -0.1) is 0 Å². The SMILES string of the molecule is CCCCCCCCCCCCCCCCC(C(=O)O)c1cc(C(C)(C)C)c(O)c(C(C)(C)C)c1. The van der Waals surface area contributed by atoms with Gasteiger partial charge in [-0.2, -0.15) is 0 Å². The number of carbonyl (C=O) groups is 1. The van der Waals surface area contributed by atoms with Gasteiger partial charge in [0, 0.05) is 0 Å². The number of unbranched alkanes of at least 4 members (excludes halogenated alkanes) is 13. The maximum Gasteiger partial charge on any atom is 0.310 e. The lowest BCUT2D eigenvalue weighted by molar-refractivity contribution is -0.139. The Hall–Kier alpha value is -1.51. The highest BCUT2D eigenvalue weighted by atomic mass is 16.4. The Balaban J connectivity index is 2.51. The molecule has 0 aliphatic carbocycles. The number of aromatic hydroxyl groups is 1. The van der Waals surface area contributed by atoms with Crippen LogP contribution >= 0.6 is 0 Å². The summed E-state index contributed by atoms with van der Waals surface area (Å²) >= 11 is 0. The van der Waals surface area contributed by atoms with E-state index >= 15 is 0 Å². The molecule has 0 bridgehead atoms. The second-order valence-electron chi connectivity index (χ2n) is 12.7. The number of carboxylic acids is 1. The predicted molar refractivity (Wildman–Crippen MR) is 151 cm³/mol. The Morgan fingerprint density at radius 2 is 1.03 bits per heavy atom. The van der Waals surface area contributed by atoms with E-state index in [1.165, 1.54) is 77.0 Å². The molecule has 1 atom stereocenters. The molecule has 0 saturated carbocycles. The normalized spacial score (nSPS) is 13.2. The first kappa shape index (κ1) is 31.5. The molecule has 1 unspecified atom stereocenters. The molecule has 0 aliphatic heterocycles. The van der Waals surface area contributed by atoms with Gasteiger partial charge in [0.1, 0.15) is 5.75 Å². The summed E-state index contributed by atoms with van der Waals surface area (Å²) in [6, 6.07) is 3.88. The molecule has 3 heteroatoms. The highest BCUT2D eigenvalue weighted by Gasteiger charge is 2.29. The molecule has 0 saturated heterocycles. The minimum atomic E-state index is -0.759. The van der Waals surface area contributed by atoms with Crippen LogP contribution in [0.4, 0.5) is 0 Å². The van der Waals surface area contributed by atoms with Crippen molar-refractivity contribution in [2.24, 2.45) is 0 Å². The maximum atomic E-state index is 12.2. The van der Waals surface area contributed by atoms with Crippen molar-refractivity contribution in [3.63, 3.8) is 0 Å². The van der Waals surface area contributed by atoms with Gasteiger partial charge in [0.25, 0.3) is 0 Å². The molecule has 0 heterocycles. The van der Waals surface area contributed by atoms with E-state index < -0.39 is 11.9 Å². The molecule has 0 aromatic heterocycles. The molecule has 1 aromatic carbocycles. The van der Waals surface area contributed by atoms with Gasteiger partial charge in [0.15, 0.2) is 0 Å². The van der Waals surface area contributed by atoms with Gasteiger partial charge in [-0.05, 0) is 33.9 Å². The Morgan fingerprint density at radius 3 is 1.34 bits per heavy atom. The van der Waals surface area contributed by atoms with E-state index in [-0.39, 0.29) is 10.8 Å². The first-order chi connectivity index (χ1) is 16.4. The van der Waals surface area contributed by atoms with Gasteiger partial charge in [-0.3, -0.25) is 4.79 Å². The largest absolute Gasteiger partial charge is 0.507 e. The fourth-order valence-corrected chi connectivity index (χ4v) is 4.98. The zero-order chi connectivity index (χ0) is 26.5. The van der Waals surface area contributed by atoms with E-state index in [0.717, 1.165) is 29.5 Å². The summed E-state index contributed by atoms with van der Waals surface area (Å²) in [7, 11) is 0. The number of rotatable bonds is 17. The molecule has 1 rings (SSSR count). The van der Waals surface area contributed by atoms with Gasteiger partial charge >= 0.3 is 5.97 Å². The Morgan fingerprint density at radius 1 is 0.686 bits per heavy atom. The van der Waals surface area contributed by atoms with Crippen molar-refractivity contribution in [3.8, 4) is 5.75 Å². The van der Waals surface area contributed by atoms with Crippen molar-refractivity contribution in [3.05, 3.63) is 28.8 Å². The molecule has 3 nitrogen and oxygen atoms in total. The Kier molecular flexibility index (Phi) is 14.0. The molecule has 2 N–H and O–H groups in total. The lowest BCUT2D eigenvalue weighted by Crippen LogP contribution is -2.20. The smallest absolute Gasteiger partial charge is 0.310 e. The van der Waals surface area contributed by atoms with Crippen molar-refractivity contribution in [1.82, 2.24) is 0 Å². The summed E-state index contributed by atoms with van der Waals surface area (Å²) in [6.07, 6.45) is 18.8. The van der Waals surface area contributed by atoms with E-state index in [9.17, 15) is 15.0 Å². The number of carboxylic acid groups (broad SMARTS) is 1. The van der Waals surface area contributed by atoms with Crippen molar-refractivity contribution in [1.29, 1.82) is 0 Å². The number of benzene rings is 1. The summed E-state index contributed by atoms with van der Waals surface area (Å²) < 4.78 is 0. The molecular formula is C32H56O3. The molecule has 0 aliphatic rings. The van der Waals surface area contributed by atoms with Gasteiger partial charge in [-0.1, -0.05) is 150 Å². The van der Waals surface area contributed by atoms with Crippen LogP contribution in [-0.4, -0.2) is 16.2 Å². The molecule has 0 fully saturated rings. The molecule has 0 amide bonds. The third-order valence-corrected chi connectivity index (χ3v) is 7.30. The lowest BCUT2D eigenvalue weighted by Gasteiger charge is -2.29. The van der Waals surface area contributed by atoms with Crippen molar-refractivity contribution in [2.75, 3.05) is 0 Å².